The van der Waals surface area contributed by atoms with Crippen molar-refractivity contribution >= 4 is 34.5 Å². The number of H-pyrrole nitrogens is 1. The number of esters is 1. The van der Waals surface area contributed by atoms with Crippen molar-refractivity contribution in [1.82, 2.24) is 9.97 Å². The van der Waals surface area contributed by atoms with Gasteiger partial charge in [0.25, 0.3) is 5.91 Å². The van der Waals surface area contributed by atoms with Gasteiger partial charge in [0.15, 0.2) is 0 Å². The second kappa shape index (κ2) is 9.07. The lowest BCUT2D eigenvalue weighted by atomic mass is 9.99. The number of hydrogen-bond donors (Lipinski definition) is 3. The van der Waals surface area contributed by atoms with Crippen LogP contribution >= 0.6 is 0 Å². The number of hydrogen-bond acceptors (Lipinski definition) is 5. The number of methoxy groups -OCH3 is 1. The molecule has 4 aromatic rings. The molecule has 2 heterocycles. The third kappa shape index (κ3) is 4.19. The molecule has 0 fully saturated rings. The Morgan fingerprint density at radius 3 is 2.50 bits per heavy atom. The summed E-state index contributed by atoms with van der Waals surface area (Å²) < 4.78 is 4.81. The minimum absolute atomic E-state index is 0.237. The highest BCUT2D eigenvalue weighted by molar-refractivity contribution is 6.37. The van der Waals surface area contributed by atoms with Crippen molar-refractivity contribution in [2.75, 3.05) is 17.7 Å². The van der Waals surface area contributed by atoms with E-state index < -0.39 is 5.97 Å². The highest BCUT2D eigenvalue weighted by Gasteiger charge is 2.29. The topological polar surface area (TPSA) is 96.1 Å². The Labute approximate surface area is 196 Å². The lowest BCUT2D eigenvalue weighted by molar-refractivity contribution is -0.110. The van der Waals surface area contributed by atoms with Gasteiger partial charge in [-0.3, -0.25) is 4.79 Å². The van der Waals surface area contributed by atoms with Gasteiger partial charge in [-0.15, -0.1) is 0 Å². The van der Waals surface area contributed by atoms with E-state index in [0.29, 0.717) is 22.5 Å². The van der Waals surface area contributed by atoms with Gasteiger partial charge in [0.1, 0.15) is 0 Å². The molecule has 1 aromatic heterocycles. The number of fused-ring (bicyclic) bond motifs is 1. The minimum Gasteiger partial charge on any atom is -0.465 e. The molecule has 0 unspecified atom stereocenters. The van der Waals surface area contributed by atoms with E-state index in [1.807, 2.05) is 60.8 Å². The first-order chi connectivity index (χ1) is 16.6. The number of aromatic amines is 1. The van der Waals surface area contributed by atoms with E-state index in [1.54, 1.807) is 24.5 Å². The van der Waals surface area contributed by atoms with Crippen molar-refractivity contribution in [2.45, 2.75) is 6.42 Å². The van der Waals surface area contributed by atoms with Gasteiger partial charge in [-0.1, -0.05) is 48.5 Å². The summed E-state index contributed by atoms with van der Waals surface area (Å²) in [5.41, 5.74) is 6.70. The van der Waals surface area contributed by atoms with Crippen LogP contribution in [0.25, 0.3) is 11.3 Å². The lowest BCUT2D eigenvalue weighted by Crippen LogP contribution is -2.10. The molecule has 1 aliphatic rings. The van der Waals surface area contributed by atoms with E-state index in [4.69, 9.17) is 4.74 Å². The maximum Gasteiger partial charge on any atom is 0.337 e. The van der Waals surface area contributed by atoms with Crippen LogP contribution in [-0.4, -0.2) is 29.0 Å². The van der Waals surface area contributed by atoms with Crippen LogP contribution in [0.4, 0.5) is 11.4 Å². The number of carbonyl (C=O) groups excluding carboxylic acids is 2. The number of imidazole rings is 1. The van der Waals surface area contributed by atoms with Gasteiger partial charge < -0.3 is 20.4 Å². The summed E-state index contributed by atoms with van der Waals surface area (Å²) in [4.78, 5) is 32.3. The fourth-order valence-electron chi connectivity index (χ4n) is 4.00. The van der Waals surface area contributed by atoms with Gasteiger partial charge in [-0.25, -0.2) is 9.78 Å². The molecule has 0 atom stereocenters. The van der Waals surface area contributed by atoms with Gasteiger partial charge in [0, 0.05) is 23.9 Å². The second-order valence-electron chi connectivity index (χ2n) is 7.88. The molecule has 3 aromatic carbocycles. The first kappa shape index (κ1) is 21.2. The molecule has 0 saturated heterocycles. The molecule has 1 amide bonds. The molecule has 0 spiro atoms. The first-order valence-corrected chi connectivity index (χ1v) is 10.8. The van der Waals surface area contributed by atoms with Crippen LogP contribution in [0.1, 0.15) is 32.7 Å². The van der Waals surface area contributed by atoms with E-state index in [2.05, 4.69) is 20.6 Å². The van der Waals surface area contributed by atoms with Crippen molar-refractivity contribution in [3.8, 4) is 0 Å². The van der Waals surface area contributed by atoms with E-state index >= 15 is 0 Å². The number of rotatable bonds is 6. The minimum atomic E-state index is -0.453. The number of nitrogens with zero attached hydrogens (tertiary/aromatic N) is 1. The number of amides is 1. The highest BCUT2D eigenvalue weighted by Crippen LogP contribution is 2.38. The molecule has 34 heavy (non-hydrogen) atoms. The van der Waals surface area contributed by atoms with Crippen LogP contribution in [0, 0.1) is 0 Å². The van der Waals surface area contributed by atoms with Gasteiger partial charge in [0.2, 0.25) is 0 Å². The fourth-order valence-corrected chi connectivity index (χ4v) is 4.00. The molecule has 1 aliphatic heterocycles. The maximum absolute atomic E-state index is 13.1. The molecular weight excluding hydrogens is 428 g/mol. The Hall–Kier alpha value is -4.65. The SMILES string of the molecule is COC(=O)c1ccc2c(c1)NC(=O)/C2=C(\Nc1ccc(Cc2c[nH]cn2)cc1)c1ccccc1. The number of benzene rings is 3. The van der Waals surface area contributed by atoms with E-state index in [0.717, 1.165) is 34.5 Å². The monoisotopic (exact) mass is 450 g/mol. The van der Waals surface area contributed by atoms with Crippen LogP contribution in [0.5, 0.6) is 0 Å². The van der Waals surface area contributed by atoms with Crippen molar-refractivity contribution < 1.29 is 14.3 Å². The summed E-state index contributed by atoms with van der Waals surface area (Å²) >= 11 is 0. The van der Waals surface area contributed by atoms with Crippen molar-refractivity contribution in [3.63, 3.8) is 0 Å². The van der Waals surface area contributed by atoms with Gasteiger partial charge in [-0.2, -0.15) is 0 Å². The smallest absolute Gasteiger partial charge is 0.337 e. The van der Waals surface area contributed by atoms with E-state index in [1.165, 1.54) is 7.11 Å². The van der Waals surface area contributed by atoms with Crippen molar-refractivity contribution in [1.29, 1.82) is 0 Å². The summed E-state index contributed by atoms with van der Waals surface area (Å²) in [7, 11) is 1.33. The first-order valence-electron chi connectivity index (χ1n) is 10.8. The second-order valence-corrected chi connectivity index (χ2v) is 7.88. The Morgan fingerprint density at radius 2 is 1.79 bits per heavy atom. The predicted molar refractivity (Wildman–Crippen MR) is 131 cm³/mol. The standard InChI is InChI=1S/C27H22N4O3/c1-34-27(33)19-9-12-22-23(14-19)31-26(32)24(22)25(18-5-3-2-4-6-18)30-20-10-7-17(8-11-20)13-21-15-28-16-29-21/h2-12,14-16,30H,13H2,1H3,(H,28,29)(H,31,32)/b25-24-. The maximum atomic E-state index is 13.1. The lowest BCUT2D eigenvalue weighted by Gasteiger charge is -2.15. The van der Waals surface area contributed by atoms with Gasteiger partial charge in [-0.05, 0) is 35.4 Å². The molecule has 0 saturated carbocycles. The Morgan fingerprint density at radius 1 is 1.00 bits per heavy atom. The zero-order valence-electron chi connectivity index (χ0n) is 18.5. The van der Waals surface area contributed by atoms with Crippen molar-refractivity contribution in [2.24, 2.45) is 0 Å². The molecule has 7 nitrogen and oxygen atoms in total. The van der Waals surface area contributed by atoms with E-state index in [-0.39, 0.29) is 5.91 Å². The average molecular weight is 450 g/mol. The predicted octanol–water partition coefficient (Wildman–Crippen LogP) is 4.72. The number of ether oxygens (including phenoxy) is 1. The number of anilines is 2. The normalized spacial score (nSPS) is 13.7. The fraction of sp³-hybridized carbons (Fsp3) is 0.0741. The summed E-state index contributed by atoms with van der Waals surface area (Å²) in [5, 5.41) is 6.33. The Kier molecular flexibility index (Phi) is 5.66. The summed E-state index contributed by atoms with van der Waals surface area (Å²) in [6.07, 6.45) is 4.28. The molecule has 7 heteroatoms. The van der Waals surface area contributed by atoms with Crippen LogP contribution in [-0.2, 0) is 16.0 Å². The van der Waals surface area contributed by atoms with Crippen LogP contribution in [0.3, 0.4) is 0 Å². The molecule has 0 aliphatic carbocycles. The third-order valence-electron chi connectivity index (χ3n) is 5.66. The molecule has 3 N–H and O–H groups in total. The molecule has 168 valence electrons. The van der Waals surface area contributed by atoms with Gasteiger partial charge in [0.05, 0.1) is 41.7 Å². The molecular formula is C27H22N4O3. The van der Waals surface area contributed by atoms with Crippen molar-refractivity contribution in [3.05, 3.63) is 113 Å². The van der Waals surface area contributed by atoms with Crippen LogP contribution < -0.4 is 10.6 Å². The Bertz CT molecular complexity index is 1380. The zero-order chi connectivity index (χ0) is 23.5. The average Bonchev–Trinajstić information content (AvgIpc) is 3.50. The molecule has 0 bridgehead atoms. The quantitative estimate of drug-likeness (QED) is 0.292. The summed E-state index contributed by atoms with van der Waals surface area (Å²) in [6, 6.07) is 22.8. The van der Waals surface area contributed by atoms with Crippen LogP contribution in [0.2, 0.25) is 0 Å². The molecule has 0 radical (unpaired) electrons. The number of aromatic nitrogens is 2. The highest BCUT2D eigenvalue weighted by atomic mass is 16.5. The zero-order valence-corrected chi connectivity index (χ0v) is 18.5. The largest absolute Gasteiger partial charge is 0.465 e. The molecule has 5 rings (SSSR count). The summed E-state index contributed by atoms with van der Waals surface area (Å²) in [6.45, 7) is 0. The number of nitrogens with one attached hydrogen (secondary N) is 3. The third-order valence-corrected chi connectivity index (χ3v) is 5.66. The van der Waals surface area contributed by atoms with Crippen LogP contribution in [0.15, 0.2) is 85.3 Å². The van der Waals surface area contributed by atoms with E-state index in [9.17, 15) is 9.59 Å². The van der Waals surface area contributed by atoms with Gasteiger partial charge >= 0.3 is 5.97 Å². The number of carbonyl (C=O) groups is 2. The Balaban J connectivity index is 1.53. The summed E-state index contributed by atoms with van der Waals surface area (Å²) in [5.74, 6) is -0.690.